The van der Waals surface area contributed by atoms with Gasteiger partial charge in [-0.15, -0.1) is 11.8 Å². The summed E-state index contributed by atoms with van der Waals surface area (Å²) < 4.78 is 17.7. The van der Waals surface area contributed by atoms with Crippen LogP contribution < -0.4 is 14.2 Å². The fourth-order valence-electron chi connectivity index (χ4n) is 5.04. The van der Waals surface area contributed by atoms with Gasteiger partial charge in [-0.3, -0.25) is 4.99 Å². The van der Waals surface area contributed by atoms with Crippen LogP contribution in [0.25, 0.3) is 0 Å². The second-order valence-corrected chi connectivity index (χ2v) is 10.3. The topological polar surface area (TPSA) is 40.0 Å². The zero-order valence-electron chi connectivity index (χ0n) is 20.5. The molecule has 0 bridgehead atoms. The van der Waals surface area contributed by atoms with Crippen molar-refractivity contribution in [2.24, 2.45) is 10.9 Å². The number of ether oxygens (including phenoxy) is 3. The number of nitrogens with zero attached hydrogens (tertiary/aromatic N) is 1. The van der Waals surface area contributed by atoms with Crippen molar-refractivity contribution in [2.75, 3.05) is 14.2 Å². The van der Waals surface area contributed by atoms with Gasteiger partial charge in [0.2, 0.25) is 0 Å². The van der Waals surface area contributed by atoms with Crippen LogP contribution in [0, 0.1) is 12.8 Å². The molecule has 0 saturated carbocycles. The number of thioether (sulfide) groups is 1. The van der Waals surface area contributed by atoms with Crippen LogP contribution >= 0.6 is 11.8 Å². The molecule has 4 aromatic carbocycles. The molecule has 4 aromatic rings. The molecule has 4 nitrogen and oxygen atoms in total. The van der Waals surface area contributed by atoms with Crippen LogP contribution in [0.2, 0.25) is 0 Å². The Bertz CT molecular complexity index is 1430. The zero-order valence-corrected chi connectivity index (χ0v) is 21.3. The lowest BCUT2D eigenvalue weighted by atomic mass is 9.80. The molecule has 0 aromatic heterocycles. The molecule has 0 radical (unpaired) electrons. The van der Waals surface area contributed by atoms with E-state index in [4.69, 9.17) is 19.2 Å². The standard InChI is InChI=1S/C31H27NO3S/c1-19-8-17-25-27(18-19)36-31(21-11-15-23(34-3)16-12-21)28-29(32-25)24-6-4-5-7-26(24)35-30(28)20-9-13-22(33-2)14-10-20/h4-18,28,30-31H,1-3H3. The summed E-state index contributed by atoms with van der Waals surface area (Å²) in [6, 6.07) is 31.4. The van der Waals surface area contributed by atoms with Crippen molar-refractivity contribution in [1.29, 1.82) is 0 Å². The molecule has 0 fully saturated rings. The first-order chi connectivity index (χ1) is 17.6. The Labute approximate surface area is 216 Å². The molecule has 36 heavy (non-hydrogen) atoms. The highest BCUT2D eigenvalue weighted by Gasteiger charge is 2.44. The van der Waals surface area contributed by atoms with Crippen molar-refractivity contribution in [3.63, 3.8) is 0 Å². The summed E-state index contributed by atoms with van der Waals surface area (Å²) in [6.45, 7) is 2.13. The fourth-order valence-corrected chi connectivity index (χ4v) is 6.51. The second kappa shape index (κ2) is 9.40. The molecule has 0 spiro atoms. The molecule has 2 aliphatic heterocycles. The molecular weight excluding hydrogens is 466 g/mol. The monoisotopic (exact) mass is 493 g/mol. The smallest absolute Gasteiger partial charge is 0.134 e. The van der Waals surface area contributed by atoms with Crippen molar-refractivity contribution >= 4 is 23.2 Å². The summed E-state index contributed by atoms with van der Waals surface area (Å²) >= 11 is 1.86. The van der Waals surface area contributed by atoms with Gasteiger partial charge in [-0.25, -0.2) is 0 Å². The number of methoxy groups -OCH3 is 2. The van der Waals surface area contributed by atoms with E-state index in [1.807, 2.05) is 48.2 Å². The lowest BCUT2D eigenvalue weighted by Crippen LogP contribution is -2.35. The van der Waals surface area contributed by atoms with E-state index >= 15 is 0 Å². The number of aryl methyl sites for hydroxylation is 1. The molecule has 0 saturated heterocycles. The number of para-hydroxylation sites is 1. The van der Waals surface area contributed by atoms with Gasteiger partial charge in [-0.05, 0) is 72.1 Å². The summed E-state index contributed by atoms with van der Waals surface area (Å²) in [6.07, 6.45) is -0.209. The van der Waals surface area contributed by atoms with Crippen LogP contribution in [0.5, 0.6) is 17.2 Å². The van der Waals surface area contributed by atoms with Gasteiger partial charge in [0.25, 0.3) is 0 Å². The highest BCUT2D eigenvalue weighted by atomic mass is 32.2. The first-order valence-corrected chi connectivity index (χ1v) is 12.9. The Morgan fingerprint density at radius 3 is 2.14 bits per heavy atom. The Hall–Kier alpha value is -3.70. The van der Waals surface area contributed by atoms with Gasteiger partial charge in [-0.2, -0.15) is 0 Å². The Kier molecular flexibility index (Phi) is 5.94. The molecule has 0 N–H and O–H groups in total. The van der Waals surface area contributed by atoms with E-state index in [0.29, 0.717) is 0 Å². The molecular formula is C31H27NO3S. The molecule has 0 amide bonds. The maximum atomic E-state index is 6.78. The van der Waals surface area contributed by atoms with Gasteiger partial charge in [0.1, 0.15) is 23.4 Å². The third-order valence-corrected chi connectivity index (χ3v) is 8.28. The predicted molar refractivity (Wildman–Crippen MR) is 145 cm³/mol. The third-order valence-electron chi connectivity index (χ3n) is 6.88. The van der Waals surface area contributed by atoms with Gasteiger partial charge in [-0.1, -0.05) is 42.5 Å². The lowest BCUT2D eigenvalue weighted by molar-refractivity contribution is 0.156. The quantitative estimate of drug-likeness (QED) is 0.292. The number of benzene rings is 4. The number of rotatable bonds is 4. The average Bonchev–Trinajstić information content (AvgIpc) is 3.10. The molecule has 3 atom stereocenters. The molecule has 180 valence electrons. The van der Waals surface area contributed by atoms with Crippen molar-refractivity contribution in [3.8, 4) is 17.2 Å². The molecule has 6 rings (SSSR count). The van der Waals surface area contributed by atoms with E-state index in [0.717, 1.165) is 39.8 Å². The van der Waals surface area contributed by atoms with E-state index in [-0.39, 0.29) is 17.3 Å². The van der Waals surface area contributed by atoms with Crippen LogP contribution in [-0.4, -0.2) is 19.9 Å². The first-order valence-electron chi connectivity index (χ1n) is 12.0. The SMILES string of the molecule is COc1ccc(C2Oc3ccccc3C3=Nc4ccc(C)cc4SC(c4ccc(OC)cc4)C32)cc1. The van der Waals surface area contributed by atoms with E-state index in [1.165, 1.54) is 16.0 Å². The van der Waals surface area contributed by atoms with Gasteiger partial charge >= 0.3 is 0 Å². The fraction of sp³-hybridized carbons (Fsp3) is 0.194. The van der Waals surface area contributed by atoms with Gasteiger partial charge in [0, 0.05) is 15.7 Å². The summed E-state index contributed by atoms with van der Waals surface area (Å²) in [5.74, 6) is 2.52. The Morgan fingerprint density at radius 1 is 0.778 bits per heavy atom. The molecule has 2 heterocycles. The normalized spacial score (nSPS) is 20.1. The maximum Gasteiger partial charge on any atom is 0.134 e. The van der Waals surface area contributed by atoms with E-state index < -0.39 is 0 Å². The highest BCUT2D eigenvalue weighted by molar-refractivity contribution is 7.99. The average molecular weight is 494 g/mol. The van der Waals surface area contributed by atoms with Crippen molar-refractivity contribution < 1.29 is 14.2 Å². The summed E-state index contributed by atoms with van der Waals surface area (Å²) in [5, 5.41) is 0.0816. The van der Waals surface area contributed by atoms with E-state index in [2.05, 4.69) is 61.5 Å². The summed E-state index contributed by atoms with van der Waals surface area (Å²) in [5.41, 5.74) is 6.67. The predicted octanol–water partition coefficient (Wildman–Crippen LogP) is 7.73. The number of hydrogen-bond donors (Lipinski definition) is 0. The molecule has 3 unspecified atom stereocenters. The highest BCUT2D eigenvalue weighted by Crippen LogP contribution is 2.55. The number of fused-ring (bicyclic) bond motifs is 4. The number of hydrogen-bond acceptors (Lipinski definition) is 5. The maximum absolute atomic E-state index is 6.78. The van der Waals surface area contributed by atoms with Crippen LogP contribution in [0.4, 0.5) is 5.69 Å². The zero-order chi connectivity index (χ0) is 24.6. The molecule has 0 aliphatic carbocycles. The minimum Gasteiger partial charge on any atom is -0.497 e. The van der Waals surface area contributed by atoms with Crippen molar-refractivity contribution in [3.05, 3.63) is 113 Å². The largest absolute Gasteiger partial charge is 0.497 e. The first kappa shape index (κ1) is 22.7. The van der Waals surface area contributed by atoms with Gasteiger partial charge in [0.15, 0.2) is 0 Å². The minimum atomic E-state index is -0.209. The summed E-state index contributed by atoms with van der Waals surface area (Å²) in [4.78, 5) is 6.51. The van der Waals surface area contributed by atoms with Crippen molar-refractivity contribution in [2.45, 2.75) is 23.2 Å². The van der Waals surface area contributed by atoms with Crippen LogP contribution in [-0.2, 0) is 0 Å². The van der Waals surface area contributed by atoms with Crippen LogP contribution in [0.15, 0.2) is 101 Å². The van der Waals surface area contributed by atoms with E-state index in [9.17, 15) is 0 Å². The van der Waals surface area contributed by atoms with Gasteiger partial charge < -0.3 is 14.2 Å². The molecule has 2 aliphatic rings. The van der Waals surface area contributed by atoms with E-state index in [1.54, 1.807) is 14.2 Å². The van der Waals surface area contributed by atoms with Gasteiger partial charge in [0.05, 0.1) is 31.5 Å². The summed E-state index contributed by atoms with van der Waals surface area (Å²) in [7, 11) is 3.39. The lowest BCUT2D eigenvalue weighted by Gasteiger charge is -2.38. The third kappa shape index (κ3) is 4.03. The minimum absolute atomic E-state index is 0.0144. The Morgan fingerprint density at radius 2 is 1.44 bits per heavy atom. The van der Waals surface area contributed by atoms with Crippen LogP contribution in [0.3, 0.4) is 0 Å². The Balaban J connectivity index is 1.58. The van der Waals surface area contributed by atoms with Crippen LogP contribution in [0.1, 0.15) is 33.6 Å². The van der Waals surface area contributed by atoms with Crippen molar-refractivity contribution in [1.82, 2.24) is 0 Å². The number of aliphatic imine (C=N–C) groups is 1. The second-order valence-electron chi connectivity index (χ2n) is 9.11. The molecule has 5 heteroatoms.